The molecular formula is C59H90O6. The summed E-state index contributed by atoms with van der Waals surface area (Å²) in [5, 5.41) is 0. The molecule has 362 valence electrons. The van der Waals surface area contributed by atoms with E-state index in [0.29, 0.717) is 19.3 Å². The summed E-state index contributed by atoms with van der Waals surface area (Å²) < 4.78 is 16.6. The third-order valence-corrected chi connectivity index (χ3v) is 9.90. The minimum Gasteiger partial charge on any atom is -0.462 e. The molecule has 0 aliphatic rings. The molecule has 0 saturated carbocycles. The summed E-state index contributed by atoms with van der Waals surface area (Å²) in [6, 6.07) is 0. The highest BCUT2D eigenvalue weighted by atomic mass is 16.6. The summed E-state index contributed by atoms with van der Waals surface area (Å²) in [5.41, 5.74) is 0. The first-order valence-electron chi connectivity index (χ1n) is 25.4. The Morgan fingerprint density at radius 1 is 0.338 bits per heavy atom. The molecular weight excluding hydrogens is 805 g/mol. The fourth-order valence-corrected chi connectivity index (χ4v) is 6.15. The summed E-state index contributed by atoms with van der Waals surface area (Å²) in [6.45, 7) is 6.22. The molecule has 0 bridgehead atoms. The Kier molecular flexibility index (Phi) is 48.2. The van der Waals surface area contributed by atoms with Gasteiger partial charge in [-0.05, 0) is 109 Å². The van der Waals surface area contributed by atoms with E-state index in [-0.39, 0.29) is 44.4 Å². The van der Waals surface area contributed by atoms with E-state index in [4.69, 9.17) is 14.2 Å². The topological polar surface area (TPSA) is 78.9 Å². The van der Waals surface area contributed by atoms with Gasteiger partial charge in [-0.2, -0.15) is 0 Å². The first-order valence-corrected chi connectivity index (χ1v) is 25.4. The van der Waals surface area contributed by atoms with Gasteiger partial charge in [0.05, 0.1) is 0 Å². The molecule has 65 heavy (non-hydrogen) atoms. The van der Waals surface area contributed by atoms with Crippen LogP contribution in [0.4, 0.5) is 0 Å². The molecule has 1 atom stereocenters. The highest BCUT2D eigenvalue weighted by molar-refractivity contribution is 5.71. The fraction of sp³-hybridized carbons (Fsp3) is 0.542. The molecule has 6 heteroatoms. The normalized spacial score (nSPS) is 13.3. The van der Waals surface area contributed by atoms with Crippen LogP contribution in [0.3, 0.4) is 0 Å². The average molecular weight is 895 g/mol. The van der Waals surface area contributed by atoms with Crippen LogP contribution in [0.15, 0.2) is 146 Å². The summed E-state index contributed by atoms with van der Waals surface area (Å²) in [5.74, 6) is -1.10. The second-order valence-electron chi connectivity index (χ2n) is 16.0. The van der Waals surface area contributed by atoms with E-state index in [1.54, 1.807) is 0 Å². The molecule has 6 nitrogen and oxygen atoms in total. The van der Waals surface area contributed by atoms with Gasteiger partial charge < -0.3 is 14.2 Å². The van der Waals surface area contributed by atoms with E-state index in [1.165, 1.54) is 44.9 Å². The Morgan fingerprint density at radius 2 is 0.692 bits per heavy atom. The third kappa shape index (κ3) is 50.2. The molecule has 0 amide bonds. The molecule has 0 fully saturated rings. The number of esters is 3. The van der Waals surface area contributed by atoms with E-state index >= 15 is 0 Å². The van der Waals surface area contributed by atoms with Gasteiger partial charge in [0.25, 0.3) is 0 Å². The lowest BCUT2D eigenvalue weighted by Crippen LogP contribution is -2.30. The van der Waals surface area contributed by atoms with Crippen molar-refractivity contribution in [2.24, 2.45) is 0 Å². The van der Waals surface area contributed by atoms with Crippen LogP contribution in [0.2, 0.25) is 0 Å². The van der Waals surface area contributed by atoms with Crippen LogP contribution in [0.5, 0.6) is 0 Å². The molecule has 0 saturated heterocycles. The zero-order valence-corrected chi connectivity index (χ0v) is 41.2. The smallest absolute Gasteiger partial charge is 0.306 e. The molecule has 0 heterocycles. The van der Waals surface area contributed by atoms with Gasteiger partial charge in [0, 0.05) is 19.3 Å². The van der Waals surface area contributed by atoms with Gasteiger partial charge in [0.1, 0.15) is 13.2 Å². The van der Waals surface area contributed by atoms with E-state index in [9.17, 15) is 14.4 Å². The van der Waals surface area contributed by atoms with Crippen molar-refractivity contribution < 1.29 is 28.6 Å². The monoisotopic (exact) mass is 895 g/mol. The number of unbranched alkanes of at least 4 members (excludes halogenated alkanes) is 11. The standard InChI is InChI=1S/C59H90O6/c1-4-7-10-13-16-19-22-25-27-29-31-34-37-40-43-46-49-52-58(61)64-55-56(54-63-57(60)51-48-45-42-39-36-33-24-21-18-15-12-9-6-3)65-59(62)53-50-47-44-41-38-35-32-30-28-26-23-20-17-14-11-8-5-2/h7,9-10,12,15-16,18-19,21,24-28,31-36,40-41,43-44,56H,4-6,8,11,13-14,17,20,22-23,29-30,37-39,42,45-55H2,1-3H3/b10-7+,12-9+,18-15+,19-16+,24-21+,27-25+,28-26+,34-31+,35-32+,36-33+,43-40+,44-41+. The molecule has 0 aromatic rings. The largest absolute Gasteiger partial charge is 0.462 e. The first-order chi connectivity index (χ1) is 32.0. The molecule has 0 aromatic carbocycles. The number of rotatable bonds is 43. The van der Waals surface area contributed by atoms with E-state index in [2.05, 4.69) is 130 Å². The number of allylic oxidation sites excluding steroid dienone is 24. The Bertz CT molecular complexity index is 1490. The molecule has 0 aliphatic carbocycles. The van der Waals surface area contributed by atoms with Crippen molar-refractivity contribution >= 4 is 17.9 Å². The Hall–Kier alpha value is -4.71. The maximum atomic E-state index is 12.8. The van der Waals surface area contributed by atoms with Crippen LogP contribution in [0.25, 0.3) is 0 Å². The molecule has 0 spiro atoms. The number of hydrogen-bond donors (Lipinski definition) is 0. The third-order valence-electron chi connectivity index (χ3n) is 9.90. The van der Waals surface area contributed by atoms with Gasteiger partial charge >= 0.3 is 17.9 Å². The summed E-state index contributed by atoms with van der Waals surface area (Å²) in [7, 11) is 0. The van der Waals surface area contributed by atoms with Crippen LogP contribution in [0.1, 0.15) is 188 Å². The first kappa shape index (κ1) is 60.3. The van der Waals surface area contributed by atoms with Crippen LogP contribution >= 0.6 is 0 Å². The zero-order valence-electron chi connectivity index (χ0n) is 41.2. The van der Waals surface area contributed by atoms with Gasteiger partial charge in [-0.1, -0.05) is 205 Å². The van der Waals surface area contributed by atoms with Gasteiger partial charge in [0.2, 0.25) is 0 Å². The van der Waals surface area contributed by atoms with Gasteiger partial charge in [0.15, 0.2) is 6.10 Å². The van der Waals surface area contributed by atoms with Crippen molar-refractivity contribution in [2.75, 3.05) is 13.2 Å². The van der Waals surface area contributed by atoms with Crippen LogP contribution in [0, 0.1) is 0 Å². The average Bonchev–Trinajstić information content (AvgIpc) is 3.30. The number of carbonyl (C=O) groups is 3. The van der Waals surface area contributed by atoms with Gasteiger partial charge in [-0.25, -0.2) is 0 Å². The van der Waals surface area contributed by atoms with E-state index in [1.807, 2.05) is 36.5 Å². The lowest BCUT2D eigenvalue weighted by molar-refractivity contribution is -0.167. The van der Waals surface area contributed by atoms with Crippen molar-refractivity contribution in [3.63, 3.8) is 0 Å². The molecule has 0 N–H and O–H groups in total. The maximum absolute atomic E-state index is 12.8. The number of hydrogen-bond acceptors (Lipinski definition) is 6. The quantitative estimate of drug-likeness (QED) is 0.0199. The van der Waals surface area contributed by atoms with Crippen molar-refractivity contribution in [2.45, 2.75) is 194 Å². The van der Waals surface area contributed by atoms with Crippen molar-refractivity contribution in [1.29, 1.82) is 0 Å². The van der Waals surface area contributed by atoms with Gasteiger partial charge in [-0.3, -0.25) is 14.4 Å². The zero-order chi connectivity index (χ0) is 47.2. The van der Waals surface area contributed by atoms with Gasteiger partial charge in [-0.15, -0.1) is 0 Å². The fourth-order valence-electron chi connectivity index (χ4n) is 6.15. The van der Waals surface area contributed by atoms with E-state index in [0.717, 1.165) is 83.5 Å². The SMILES string of the molecule is CC/C=C/C=C/C=C/C=C/CCCCCC(=O)OCC(COC(=O)CCC/C=C/C/C=C/C/C=C/C/C=C/C/C=C/CC)OC(=O)CCC/C=C/C/C=C/C/C=C/CCCCCCCC. The second kappa shape index (κ2) is 51.9. The number of carbonyl (C=O) groups excluding carboxylic acids is 3. The highest BCUT2D eigenvalue weighted by Crippen LogP contribution is 2.10. The Balaban J connectivity index is 4.65. The van der Waals surface area contributed by atoms with Crippen molar-refractivity contribution in [1.82, 2.24) is 0 Å². The predicted octanol–water partition coefficient (Wildman–Crippen LogP) is 16.9. The lowest BCUT2D eigenvalue weighted by Gasteiger charge is -2.18. The Labute approximate surface area is 397 Å². The summed E-state index contributed by atoms with van der Waals surface area (Å²) in [6.07, 6.45) is 74.2. The molecule has 0 aromatic heterocycles. The summed E-state index contributed by atoms with van der Waals surface area (Å²) in [4.78, 5) is 37.9. The second-order valence-corrected chi connectivity index (χ2v) is 16.0. The molecule has 0 rings (SSSR count). The maximum Gasteiger partial charge on any atom is 0.306 e. The molecule has 1 unspecified atom stereocenters. The molecule has 0 radical (unpaired) electrons. The minimum atomic E-state index is -0.849. The van der Waals surface area contributed by atoms with Crippen molar-refractivity contribution in [3.05, 3.63) is 146 Å². The predicted molar refractivity (Wildman–Crippen MR) is 279 cm³/mol. The van der Waals surface area contributed by atoms with Crippen LogP contribution in [-0.4, -0.2) is 37.2 Å². The van der Waals surface area contributed by atoms with Crippen molar-refractivity contribution in [3.8, 4) is 0 Å². The molecule has 0 aliphatic heterocycles. The lowest BCUT2D eigenvalue weighted by atomic mass is 10.1. The number of ether oxygens (including phenoxy) is 3. The highest BCUT2D eigenvalue weighted by Gasteiger charge is 2.19. The van der Waals surface area contributed by atoms with Crippen LogP contribution < -0.4 is 0 Å². The Morgan fingerprint density at radius 3 is 1.18 bits per heavy atom. The van der Waals surface area contributed by atoms with Crippen LogP contribution in [-0.2, 0) is 28.6 Å². The van der Waals surface area contributed by atoms with E-state index < -0.39 is 12.1 Å². The summed E-state index contributed by atoms with van der Waals surface area (Å²) >= 11 is 0. The minimum absolute atomic E-state index is 0.143.